The highest BCUT2D eigenvalue weighted by molar-refractivity contribution is 7.11. The van der Waals surface area contributed by atoms with Gasteiger partial charge in [0.05, 0.1) is 30.1 Å². The molecule has 0 radical (unpaired) electrons. The van der Waals surface area contributed by atoms with Crippen LogP contribution < -0.4 is 5.32 Å². The quantitative estimate of drug-likeness (QED) is 0.604. The minimum absolute atomic E-state index is 0.0183. The average molecular weight is 532 g/mol. The van der Waals surface area contributed by atoms with E-state index in [-0.39, 0.29) is 17.6 Å². The van der Waals surface area contributed by atoms with Crippen LogP contribution in [0.4, 0.5) is 13.2 Å². The van der Waals surface area contributed by atoms with Crippen molar-refractivity contribution in [2.24, 2.45) is 0 Å². The van der Waals surface area contributed by atoms with E-state index in [2.05, 4.69) is 40.3 Å². The van der Waals surface area contributed by atoms with Crippen LogP contribution in [-0.2, 0) is 16.1 Å². The van der Waals surface area contributed by atoms with E-state index in [0.717, 1.165) is 51.0 Å². The largest absolute Gasteiger partial charge is 0.490 e. The Bertz CT molecular complexity index is 1040. The molecule has 2 aliphatic rings. The third-order valence-electron chi connectivity index (χ3n) is 6.36. The summed E-state index contributed by atoms with van der Waals surface area (Å²) in [6.45, 7) is 9.48. The van der Waals surface area contributed by atoms with Gasteiger partial charge in [-0.25, -0.2) is 9.78 Å². The zero-order valence-electron chi connectivity index (χ0n) is 20.5. The summed E-state index contributed by atoms with van der Waals surface area (Å²) in [6, 6.07) is 0.402. The van der Waals surface area contributed by atoms with Crippen molar-refractivity contribution in [3.05, 3.63) is 34.0 Å². The lowest BCUT2D eigenvalue weighted by atomic mass is 9.78. The molecular weight excluding hydrogens is 499 g/mol. The second kappa shape index (κ2) is 11.7. The van der Waals surface area contributed by atoms with Crippen molar-refractivity contribution in [2.45, 2.75) is 76.9 Å². The molecular formula is C23H32F3N5O4S. The Morgan fingerprint density at radius 2 is 2.08 bits per heavy atom. The zero-order valence-corrected chi connectivity index (χ0v) is 21.4. The Balaban J connectivity index is 0.000000454. The number of aryl methyl sites for hydroxylation is 1. The van der Waals surface area contributed by atoms with Crippen molar-refractivity contribution in [1.29, 1.82) is 0 Å². The van der Waals surface area contributed by atoms with Gasteiger partial charge in [-0.05, 0) is 33.6 Å². The van der Waals surface area contributed by atoms with Crippen molar-refractivity contribution < 1.29 is 32.6 Å². The summed E-state index contributed by atoms with van der Waals surface area (Å²) in [5.41, 5.74) is 3.45. The highest BCUT2D eigenvalue weighted by Gasteiger charge is 2.46. The number of carboxylic acid groups (broad SMARTS) is 1. The fourth-order valence-electron chi connectivity index (χ4n) is 4.54. The molecule has 0 bridgehead atoms. The third-order valence-corrected chi connectivity index (χ3v) is 7.28. The number of thiazole rings is 1. The molecule has 1 saturated carbocycles. The predicted molar refractivity (Wildman–Crippen MR) is 127 cm³/mol. The Morgan fingerprint density at radius 3 is 2.67 bits per heavy atom. The van der Waals surface area contributed by atoms with Gasteiger partial charge >= 0.3 is 12.1 Å². The van der Waals surface area contributed by atoms with Crippen LogP contribution in [0.2, 0.25) is 0 Å². The molecule has 1 aliphatic carbocycles. The highest BCUT2D eigenvalue weighted by Crippen LogP contribution is 2.35. The van der Waals surface area contributed by atoms with Crippen LogP contribution in [0.5, 0.6) is 0 Å². The minimum atomic E-state index is -5.08. The van der Waals surface area contributed by atoms with E-state index in [9.17, 15) is 18.0 Å². The number of carbonyl (C=O) groups is 2. The first-order valence-electron chi connectivity index (χ1n) is 11.8. The van der Waals surface area contributed by atoms with Crippen LogP contribution in [-0.4, -0.2) is 74.2 Å². The lowest BCUT2D eigenvalue weighted by molar-refractivity contribution is -0.192. The molecule has 9 nitrogen and oxygen atoms in total. The van der Waals surface area contributed by atoms with Gasteiger partial charge in [-0.15, -0.1) is 11.3 Å². The Labute approximate surface area is 211 Å². The maximum Gasteiger partial charge on any atom is 0.490 e. The molecule has 2 fully saturated rings. The zero-order chi connectivity index (χ0) is 26.5. The first-order valence-corrected chi connectivity index (χ1v) is 12.7. The molecule has 0 aromatic carbocycles. The molecule has 1 saturated heterocycles. The number of morpholine rings is 1. The number of hydrogen-bond acceptors (Lipinski definition) is 7. The molecule has 1 spiro atoms. The molecule has 3 heterocycles. The fourth-order valence-corrected chi connectivity index (χ4v) is 5.24. The maximum atomic E-state index is 12.8. The van der Waals surface area contributed by atoms with Gasteiger partial charge in [-0.1, -0.05) is 12.8 Å². The maximum absolute atomic E-state index is 12.8. The lowest BCUT2D eigenvalue weighted by Gasteiger charge is -2.49. The van der Waals surface area contributed by atoms with Crippen LogP contribution in [0.1, 0.15) is 66.5 Å². The van der Waals surface area contributed by atoms with Crippen LogP contribution in [0.25, 0.3) is 0 Å². The van der Waals surface area contributed by atoms with Gasteiger partial charge in [-0.3, -0.25) is 14.4 Å². The van der Waals surface area contributed by atoms with Crippen molar-refractivity contribution in [2.75, 3.05) is 19.7 Å². The Morgan fingerprint density at radius 1 is 1.36 bits per heavy atom. The first-order chi connectivity index (χ1) is 16.9. The average Bonchev–Trinajstić information content (AvgIpc) is 3.44. The fraction of sp³-hybridized carbons (Fsp3) is 0.652. The van der Waals surface area contributed by atoms with Crippen molar-refractivity contribution in [3.8, 4) is 0 Å². The summed E-state index contributed by atoms with van der Waals surface area (Å²) in [5, 5.41) is 14.9. The Hall–Kier alpha value is -2.51. The molecule has 1 aliphatic heterocycles. The van der Waals surface area contributed by atoms with Gasteiger partial charge in [0, 0.05) is 37.4 Å². The number of nitrogens with zero attached hydrogens (tertiary/aromatic N) is 4. The molecule has 2 N–H and O–H groups in total. The number of aliphatic carboxylic acids is 1. The number of ether oxygens (including phenoxy) is 1. The highest BCUT2D eigenvalue weighted by atomic mass is 32.1. The standard InChI is InChI=1S/C21H31N5O2S.C2HF3O2/c1-15(2)26-12-17(10-23-26)11-25-8-9-28-21(13-25)7-5-4-6-18(21)24-20(27)19-16(3)22-14-29-19;3-2(4,5)1(6)7/h10,12,14-15,18H,4-9,11,13H2,1-3H3,(H,24,27);(H,6,7). The monoisotopic (exact) mass is 531 g/mol. The summed E-state index contributed by atoms with van der Waals surface area (Å²) in [6.07, 6.45) is 3.24. The van der Waals surface area contributed by atoms with Gasteiger partial charge in [0.15, 0.2) is 0 Å². The molecule has 4 rings (SSSR count). The summed E-state index contributed by atoms with van der Waals surface area (Å²) in [7, 11) is 0. The second-order valence-electron chi connectivity index (χ2n) is 9.39. The molecule has 13 heteroatoms. The third kappa shape index (κ3) is 7.04. The van der Waals surface area contributed by atoms with Crippen molar-refractivity contribution >= 4 is 23.2 Å². The van der Waals surface area contributed by atoms with Gasteiger partial charge < -0.3 is 15.2 Å². The van der Waals surface area contributed by atoms with Crippen LogP contribution in [0.15, 0.2) is 17.9 Å². The van der Waals surface area contributed by atoms with Gasteiger partial charge in [0.2, 0.25) is 0 Å². The van der Waals surface area contributed by atoms with E-state index < -0.39 is 12.1 Å². The molecule has 200 valence electrons. The van der Waals surface area contributed by atoms with E-state index in [1.54, 1.807) is 5.51 Å². The number of rotatable bonds is 5. The van der Waals surface area contributed by atoms with Crippen LogP contribution in [0.3, 0.4) is 0 Å². The molecule has 2 atom stereocenters. The van der Waals surface area contributed by atoms with Crippen molar-refractivity contribution in [1.82, 2.24) is 25.0 Å². The normalized spacial score (nSPS) is 22.8. The molecule has 2 unspecified atom stereocenters. The first kappa shape index (κ1) is 28.1. The van der Waals surface area contributed by atoms with Gasteiger partial charge in [0.25, 0.3) is 5.91 Å². The van der Waals surface area contributed by atoms with E-state index in [1.165, 1.54) is 16.9 Å². The number of amides is 1. The van der Waals surface area contributed by atoms with E-state index >= 15 is 0 Å². The summed E-state index contributed by atoms with van der Waals surface area (Å²) >= 11 is 1.40. The lowest BCUT2D eigenvalue weighted by Crippen LogP contribution is -2.63. The van der Waals surface area contributed by atoms with Crippen LogP contribution >= 0.6 is 11.3 Å². The number of hydrogen-bond donors (Lipinski definition) is 2. The molecule has 36 heavy (non-hydrogen) atoms. The van der Waals surface area contributed by atoms with E-state index in [0.29, 0.717) is 17.5 Å². The number of halogens is 3. The van der Waals surface area contributed by atoms with E-state index in [4.69, 9.17) is 14.6 Å². The number of carbonyl (C=O) groups excluding carboxylic acids is 1. The molecule has 1 amide bonds. The summed E-state index contributed by atoms with van der Waals surface area (Å²) in [5.74, 6) is -2.78. The summed E-state index contributed by atoms with van der Waals surface area (Å²) < 4.78 is 40.1. The van der Waals surface area contributed by atoms with Gasteiger partial charge in [-0.2, -0.15) is 18.3 Å². The number of aromatic nitrogens is 3. The molecule has 2 aromatic rings. The van der Waals surface area contributed by atoms with Crippen molar-refractivity contribution in [3.63, 3.8) is 0 Å². The topological polar surface area (TPSA) is 110 Å². The SMILES string of the molecule is Cc1ncsc1C(=O)NC1CCCCC12CN(Cc1cnn(C(C)C)c1)CCO2.O=C(O)C(F)(F)F. The summed E-state index contributed by atoms with van der Waals surface area (Å²) in [4.78, 5) is 29.1. The van der Waals surface area contributed by atoms with Gasteiger partial charge in [0.1, 0.15) is 10.5 Å². The van der Waals surface area contributed by atoms with Crippen LogP contribution in [0, 0.1) is 6.92 Å². The minimum Gasteiger partial charge on any atom is -0.475 e. The number of carboxylic acids is 1. The predicted octanol–water partition coefficient (Wildman–Crippen LogP) is 3.81. The van der Waals surface area contributed by atoms with E-state index in [1.807, 2.05) is 17.8 Å². The molecule has 2 aromatic heterocycles. The number of alkyl halides is 3. The number of nitrogens with one attached hydrogen (secondary N) is 1. The smallest absolute Gasteiger partial charge is 0.475 e. The Kier molecular flexibility index (Phi) is 9.12. The second-order valence-corrected chi connectivity index (χ2v) is 10.2.